The van der Waals surface area contributed by atoms with E-state index in [-0.39, 0.29) is 6.54 Å². The van der Waals surface area contributed by atoms with Gasteiger partial charge in [-0.05, 0) is 27.2 Å². The summed E-state index contributed by atoms with van der Waals surface area (Å²) >= 11 is 0. The molecule has 1 aliphatic heterocycles. The molecule has 1 heterocycles. The van der Waals surface area contributed by atoms with Gasteiger partial charge in [0.1, 0.15) is 0 Å². The summed E-state index contributed by atoms with van der Waals surface area (Å²) in [6.45, 7) is 7.27. The molecule has 1 rings (SSSR count). The zero-order valence-corrected chi connectivity index (χ0v) is 9.58. The summed E-state index contributed by atoms with van der Waals surface area (Å²) in [6, 6.07) is 0. The van der Waals surface area contributed by atoms with Crippen molar-refractivity contribution >= 4 is 5.97 Å². The number of aliphatic hydroxyl groups is 1. The fourth-order valence-electron chi connectivity index (χ4n) is 1.73. The molecular formula is C11H19NO3. The van der Waals surface area contributed by atoms with E-state index in [1.165, 1.54) is 18.1 Å². The quantitative estimate of drug-likeness (QED) is 0.683. The first-order valence-corrected chi connectivity index (χ1v) is 5.16. The van der Waals surface area contributed by atoms with Gasteiger partial charge in [-0.15, -0.1) is 0 Å². The molecule has 0 radical (unpaired) electrons. The molecule has 86 valence electrons. The number of aliphatic carboxylic acids is 1. The van der Waals surface area contributed by atoms with Gasteiger partial charge < -0.3 is 10.2 Å². The molecule has 0 aromatic rings. The molecule has 1 aliphatic rings. The number of carboxylic acids is 1. The van der Waals surface area contributed by atoms with Crippen LogP contribution in [0.4, 0.5) is 0 Å². The van der Waals surface area contributed by atoms with Crippen molar-refractivity contribution < 1.29 is 15.0 Å². The topological polar surface area (TPSA) is 60.8 Å². The predicted molar refractivity (Wildman–Crippen MR) is 57.7 cm³/mol. The molecule has 2 N–H and O–H groups in total. The van der Waals surface area contributed by atoms with Crippen molar-refractivity contribution in [1.82, 2.24) is 4.90 Å². The van der Waals surface area contributed by atoms with Crippen LogP contribution in [-0.4, -0.2) is 46.3 Å². The third-order valence-corrected chi connectivity index (χ3v) is 2.98. The number of hydrogen-bond acceptors (Lipinski definition) is 3. The molecule has 4 heteroatoms. The van der Waals surface area contributed by atoms with E-state index in [1.807, 2.05) is 4.90 Å². The standard InChI is InChI=1S/C11H19NO3/c1-8-4-5-12(6-9(8)2)7-11(3,15)10(13)14/h15H,4-7H2,1-3H3,(H,13,14). The zero-order chi connectivity index (χ0) is 11.6. The summed E-state index contributed by atoms with van der Waals surface area (Å²) in [6.07, 6.45) is 0.960. The van der Waals surface area contributed by atoms with Crippen molar-refractivity contribution in [3.8, 4) is 0 Å². The van der Waals surface area contributed by atoms with Crippen LogP contribution >= 0.6 is 0 Å². The Hall–Kier alpha value is -0.870. The third kappa shape index (κ3) is 3.04. The molecule has 1 unspecified atom stereocenters. The zero-order valence-electron chi connectivity index (χ0n) is 9.58. The first-order valence-electron chi connectivity index (χ1n) is 5.16. The molecule has 0 aliphatic carbocycles. The molecular weight excluding hydrogens is 194 g/mol. The first kappa shape index (κ1) is 12.2. The predicted octanol–water partition coefficient (Wildman–Crippen LogP) is 0.864. The Morgan fingerprint density at radius 3 is 2.53 bits per heavy atom. The van der Waals surface area contributed by atoms with Crippen LogP contribution in [0.2, 0.25) is 0 Å². The normalized spacial score (nSPS) is 22.7. The van der Waals surface area contributed by atoms with E-state index in [1.54, 1.807) is 0 Å². The molecule has 0 aromatic heterocycles. The minimum Gasteiger partial charge on any atom is -0.479 e. The highest BCUT2D eigenvalue weighted by Crippen LogP contribution is 2.18. The second-order valence-electron chi connectivity index (χ2n) is 4.60. The fourth-order valence-corrected chi connectivity index (χ4v) is 1.73. The van der Waals surface area contributed by atoms with Gasteiger partial charge in [0.25, 0.3) is 0 Å². The van der Waals surface area contributed by atoms with E-state index in [9.17, 15) is 9.90 Å². The second-order valence-corrected chi connectivity index (χ2v) is 4.60. The van der Waals surface area contributed by atoms with Gasteiger partial charge in [0, 0.05) is 19.6 Å². The van der Waals surface area contributed by atoms with E-state index in [0.29, 0.717) is 0 Å². The SMILES string of the molecule is CC1=C(C)CN(CC(C)(O)C(=O)O)CC1. The van der Waals surface area contributed by atoms with E-state index in [0.717, 1.165) is 19.5 Å². The maximum Gasteiger partial charge on any atom is 0.336 e. The lowest BCUT2D eigenvalue weighted by Gasteiger charge is -2.32. The summed E-state index contributed by atoms with van der Waals surface area (Å²) in [4.78, 5) is 12.7. The minimum atomic E-state index is -1.65. The van der Waals surface area contributed by atoms with Crippen LogP contribution in [0.15, 0.2) is 11.1 Å². The summed E-state index contributed by atoms with van der Waals surface area (Å²) in [5.74, 6) is -1.16. The van der Waals surface area contributed by atoms with Crippen LogP contribution < -0.4 is 0 Å². The van der Waals surface area contributed by atoms with Crippen LogP contribution in [0, 0.1) is 0 Å². The lowest BCUT2D eigenvalue weighted by atomic mass is 10.0. The number of carbonyl (C=O) groups is 1. The van der Waals surface area contributed by atoms with Gasteiger partial charge in [-0.1, -0.05) is 11.1 Å². The summed E-state index contributed by atoms with van der Waals surface area (Å²) in [7, 11) is 0. The summed E-state index contributed by atoms with van der Waals surface area (Å²) in [5.41, 5.74) is 1.01. The maximum atomic E-state index is 10.8. The molecule has 1 atom stereocenters. The minimum absolute atomic E-state index is 0.187. The average molecular weight is 213 g/mol. The van der Waals surface area contributed by atoms with E-state index in [2.05, 4.69) is 13.8 Å². The van der Waals surface area contributed by atoms with Crippen LogP contribution in [0.5, 0.6) is 0 Å². The van der Waals surface area contributed by atoms with E-state index in [4.69, 9.17) is 5.11 Å². The number of rotatable bonds is 3. The number of β-amino-alcohol motifs (C(OH)–C–C–N with tert-alkyl or cyclic N) is 1. The van der Waals surface area contributed by atoms with Crippen molar-refractivity contribution in [2.45, 2.75) is 32.8 Å². The van der Waals surface area contributed by atoms with E-state index < -0.39 is 11.6 Å². The Morgan fingerprint density at radius 2 is 2.07 bits per heavy atom. The van der Waals surface area contributed by atoms with Crippen molar-refractivity contribution in [2.24, 2.45) is 0 Å². The highest BCUT2D eigenvalue weighted by Gasteiger charge is 2.32. The number of hydrogen-bond donors (Lipinski definition) is 2. The Balaban J connectivity index is 2.59. The Labute approximate surface area is 90.2 Å². The molecule has 0 fully saturated rings. The summed E-state index contributed by atoms with van der Waals surface area (Å²) < 4.78 is 0. The number of carboxylic acid groups (broad SMARTS) is 1. The lowest BCUT2D eigenvalue weighted by molar-refractivity contribution is -0.158. The van der Waals surface area contributed by atoms with Crippen molar-refractivity contribution in [1.29, 1.82) is 0 Å². The first-order chi connectivity index (χ1) is 6.83. The molecule has 4 nitrogen and oxygen atoms in total. The molecule has 0 aromatic carbocycles. The maximum absolute atomic E-state index is 10.8. The smallest absolute Gasteiger partial charge is 0.336 e. The molecule has 0 spiro atoms. The molecule has 0 saturated heterocycles. The lowest BCUT2D eigenvalue weighted by Crippen LogP contribution is -2.48. The molecule has 15 heavy (non-hydrogen) atoms. The van der Waals surface area contributed by atoms with Crippen LogP contribution in [0.25, 0.3) is 0 Å². The third-order valence-electron chi connectivity index (χ3n) is 2.98. The van der Waals surface area contributed by atoms with Crippen LogP contribution in [0.1, 0.15) is 27.2 Å². The molecule has 0 saturated carbocycles. The van der Waals surface area contributed by atoms with Gasteiger partial charge in [0.15, 0.2) is 5.60 Å². The Morgan fingerprint density at radius 1 is 1.47 bits per heavy atom. The van der Waals surface area contributed by atoms with Crippen molar-refractivity contribution in [3.05, 3.63) is 11.1 Å². The van der Waals surface area contributed by atoms with Gasteiger partial charge in [-0.2, -0.15) is 0 Å². The van der Waals surface area contributed by atoms with Gasteiger partial charge in [0.05, 0.1) is 0 Å². The Kier molecular flexibility index (Phi) is 3.52. The van der Waals surface area contributed by atoms with Crippen LogP contribution in [0.3, 0.4) is 0 Å². The number of nitrogens with zero attached hydrogens (tertiary/aromatic N) is 1. The highest BCUT2D eigenvalue weighted by atomic mass is 16.4. The monoisotopic (exact) mass is 213 g/mol. The Bertz CT molecular complexity index is 294. The van der Waals surface area contributed by atoms with Gasteiger partial charge in [-0.3, -0.25) is 4.90 Å². The largest absolute Gasteiger partial charge is 0.479 e. The average Bonchev–Trinajstić information content (AvgIpc) is 2.10. The van der Waals surface area contributed by atoms with Crippen molar-refractivity contribution in [2.75, 3.05) is 19.6 Å². The van der Waals surface area contributed by atoms with Gasteiger partial charge in [-0.25, -0.2) is 4.79 Å². The van der Waals surface area contributed by atoms with Gasteiger partial charge in [0.2, 0.25) is 0 Å². The van der Waals surface area contributed by atoms with Crippen LogP contribution in [-0.2, 0) is 4.79 Å². The molecule has 0 amide bonds. The molecule has 0 bridgehead atoms. The second kappa shape index (κ2) is 4.33. The van der Waals surface area contributed by atoms with Crippen molar-refractivity contribution in [3.63, 3.8) is 0 Å². The van der Waals surface area contributed by atoms with Gasteiger partial charge >= 0.3 is 5.97 Å². The summed E-state index contributed by atoms with van der Waals surface area (Å²) in [5, 5.41) is 18.4. The fraction of sp³-hybridized carbons (Fsp3) is 0.727. The highest BCUT2D eigenvalue weighted by molar-refractivity contribution is 5.76. The van der Waals surface area contributed by atoms with E-state index >= 15 is 0 Å².